The van der Waals surface area contributed by atoms with Crippen LogP contribution in [0.2, 0.25) is 0 Å². The average molecular weight is 164 g/mol. The molecule has 0 aromatic heterocycles. The van der Waals surface area contributed by atoms with E-state index in [2.05, 4.69) is 0 Å². The Labute approximate surface area is 49.8 Å². The van der Waals surface area contributed by atoms with E-state index >= 15 is 0 Å². The summed E-state index contributed by atoms with van der Waals surface area (Å²) in [7, 11) is 0. The van der Waals surface area contributed by atoms with Crippen molar-refractivity contribution in [1.29, 1.82) is 0 Å². The second-order valence-electron chi connectivity index (χ2n) is 1.66. The van der Waals surface area contributed by atoms with Gasteiger partial charge in [-0.2, -0.15) is 0 Å². The van der Waals surface area contributed by atoms with Gasteiger partial charge in [0.05, 0.1) is 0 Å². The molecule has 2 nitrogen and oxygen atoms in total. The third-order valence-electron chi connectivity index (χ3n) is 0.866. The van der Waals surface area contributed by atoms with Crippen LogP contribution < -0.4 is 0 Å². The molecule has 1 atom stereocenters. The van der Waals surface area contributed by atoms with Gasteiger partial charge in [-0.05, 0) is 0 Å². The SMILES string of the molecule is CCC(C)(O)[As]=O. The second kappa shape index (κ2) is 2.58. The van der Waals surface area contributed by atoms with Crippen molar-refractivity contribution in [1.82, 2.24) is 0 Å². The van der Waals surface area contributed by atoms with Gasteiger partial charge in [-0.15, -0.1) is 0 Å². The predicted molar refractivity (Wildman–Crippen MR) is 27.4 cm³/mol. The van der Waals surface area contributed by atoms with Crippen molar-refractivity contribution in [3.05, 3.63) is 0 Å². The summed E-state index contributed by atoms with van der Waals surface area (Å²) in [6.07, 6.45) is 0.580. The number of rotatable bonds is 2. The van der Waals surface area contributed by atoms with Gasteiger partial charge in [-0.25, -0.2) is 0 Å². The summed E-state index contributed by atoms with van der Waals surface area (Å²) in [6.45, 7) is 3.40. The van der Waals surface area contributed by atoms with E-state index in [9.17, 15) is 3.74 Å². The van der Waals surface area contributed by atoms with Crippen LogP contribution in [0.4, 0.5) is 0 Å². The first-order valence-electron chi connectivity index (χ1n) is 2.19. The Morgan fingerprint density at radius 2 is 2.29 bits per heavy atom. The van der Waals surface area contributed by atoms with Gasteiger partial charge < -0.3 is 0 Å². The fraction of sp³-hybridized carbons (Fsp3) is 1.00. The molecule has 0 aliphatic rings. The van der Waals surface area contributed by atoms with Gasteiger partial charge >= 0.3 is 49.2 Å². The quantitative estimate of drug-likeness (QED) is 0.590. The molecule has 0 saturated carbocycles. The molecule has 0 spiro atoms. The van der Waals surface area contributed by atoms with Crippen molar-refractivity contribution in [3.8, 4) is 0 Å². The first-order valence-corrected chi connectivity index (χ1v) is 3.89. The summed E-state index contributed by atoms with van der Waals surface area (Å²) in [5, 5.41) is 8.86. The topological polar surface area (TPSA) is 37.3 Å². The molecule has 0 fully saturated rings. The van der Waals surface area contributed by atoms with Crippen molar-refractivity contribution in [2.24, 2.45) is 0 Å². The molecule has 42 valence electrons. The van der Waals surface area contributed by atoms with Gasteiger partial charge in [0.15, 0.2) is 0 Å². The van der Waals surface area contributed by atoms with Crippen LogP contribution in [0.5, 0.6) is 0 Å². The van der Waals surface area contributed by atoms with Crippen LogP contribution in [0.1, 0.15) is 20.3 Å². The molecule has 1 N–H and O–H groups in total. The maximum absolute atomic E-state index is 10.0. The third kappa shape index (κ3) is 2.95. The summed E-state index contributed by atoms with van der Waals surface area (Å²) >= 11 is -1.11. The molecule has 1 unspecified atom stereocenters. The van der Waals surface area contributed by atoms with Crippen LogP contribution in [0.25, 0.3) is 0 Å². The van der Waals surface area contributed by atoms with Gasteiger partial charge in [0.1, 0.15) is 0 Å². The molecular weight excluding hydrogens is 155 g/mol. The molecule has 0 aromatic carbocycles. The molecule has 0 aliphatic heterocycles. The summed E-state index contributed by atoms with van der Waals surface area (Å²) in [6, 6.07) is 0. The van der Waals surface area contributed by atoms with Gasteiger partial charge in [-0.3, -0.25) is 0 Å². The monoisotopic (exact) mass is 164 g/mol. The average Bonchev–Trinajstić information content (AvgIpc) is 1.68. The van der Waals surface area contributed by atoms with Crippen LogP contribution in [-0.4, -0.2) is 25.2 Å². The molecule has 0 bridgehead atoms. The van der Waals surface area contributed by atoms with Gasteiger partial charge in [0.2, 0.25) is 0 Å². The Hall–Kier alpha value is 0.318. The second-order valence-corrected chi connectivity index (χ2v) is 4.07. The molecule has 0 heterocycles. The van der Waals surface area contributed by atoms with E-state index in [1.807, 2.05) is 6.92 Å². The van der Waals surface area contributed by atoms with Crippen LogP contribution in [0.15, 0.2) is 0 Å². The van der Waals surface area contributed by atoms with E-state index in [-0.39, 0.29) is 0 Å². The first kappa shape index (κ1) is 7.32. The van der Waals surface area contributed by atoms with E-state index in [1.165, 1.54) is 0 Å². The van der Waals surface area contributed by atoms with Crippen LogP contribution in [0.3, 0.4) is 0 Å². The van der Waals surface area contributed by atoms with Gasteiger partial charge in [0.25, 0.3) is 0 Å². The number of hydrogen-bond donors (Lipinski definition) is 1. The molecular formula is C4H9AsO2. The fourth-order valence-electron chi connectivity index (χ4n) is 0.0645. The Bertz CT molecular complexity index is 70.1. The van der Waals surface area contributed by atoms with Gasteiger partial charge in [-0.1, -0.05) is 0 Å². The zero-order valence-electron chi connectivity index (χ0n) is 4.51. The maximum atomic E-state index is 10.0. The number of hydrogen-bond acceptors (Lipinski definition) is 2. The molecule has 0 aliphatic carbocycles. The van der Waals surface area contributed by atoms with Crippen molar-refractivity contribution >= 4 is 15.7 Å². The van der Waals surface area contributed by atoms with E-state index in [1.54, 1.807) is 6.92 Å². The van der Waals surface area contributed by atoms with E-state index in [4.69, 9.17) is 5.11 Å². The van der Waals surface area contributed by atoms with Crippen LogP contribution in [0, 0.1) is 0 Å². The summed E-state index contributed by atoms with van der Waals surface area (Å²) in [4.78, 5) is 0. The fourth-order valence-corrected chi connectivity index (χ4v) is 0.335. The molecule has 0 saturated heterocycles. The standard InChI is InChI=1S/C4H9AsO2/c1-3-4(2,6)5-7/h6H,3H2,1-2H3. The summed E-state index contributed by atoms with van der Waals surface area (Å²) < 4.78 is 9.15. The predicted octanol–water partition coefficient (Wildman–Crippen LogP) is 0.155. The minimum absolute atomic E-state index is 0.580. The summed E-state index contributed by atoms with van der Waals surface area (Å²) in [5.41, 5.74) is 0. The normalized spacial score (nSPS) is 19.3. The first-order chi connectivity index (χ1) is 3.12. The Balaban J connectivity index is 3.58. The molecule has 0 aromatic rings. The Morgan fingerprint density at radius 3 is 2.29 bits per heavy atom. The molecule has 3 heteroatoms. The minimum atomic E-state index is -1.11. The zero-order valence-corrected chi connectivity index (χ0v) is 6.39. The molecule has 0 rings (SSSR count). The van der Waals surface area contributed by atoms with Crippen LogP contribution >= 0.6 is 0 Å². The van der Waals surface area contributed by atoms with Crippen molar-refractivity contribution in [2.45, 2.75) is 24.7 Å². The third-order valence-corrected chi connectivity index (χ3v) is 2.36. The van der Waals surface area contributed by atoms with E-state index in [0.29, 0.717) is 6.42 Å². The van der Waals surface area contributed by atoms with Crippen LogP contribution in [-0.2, 0) is 3.74 Å². The summed E-state index contributed by atoms with van der Waals surface area (Å²) in [5.74, 6) is 0. The van der Waals surface area contributed by atoms with E-state index < -0.39 is 20.1 Å². The van der Waals surface area contributed by atoms with E-state index in [0.717, 1.165) is 0 Å². The van der Waals surface area contributed by atoms with Crippen molar-refractivity contribution < 1.29 is 8.85 Å². The Kier molecular flexibility index (Phi) is 2.70. The zero-order chi connectivity index (χ0) is 5.91. The van der Waals surface area contributed by atoms with Crippen molar-refractivity contribution in [2.75, 3.05) is 0 Å². The molecule has 7 heavy (non-hydrogen) atoms. The van der Waals surface area contributed by atoms with Gasteiger partial charge in [0, 0.05) is 0 Å². The molecule has 0 amide bonds. The number of aliphatic hydroxyl groups is 1. The Morgan fingerprint density at radius 1 is 1.86 bits per heavy atom. The van der Waals surface area contributed by atoms with Crippen molar-refractivity contribution in [3.63, 3.8) is 0 Å². The molecule has 0 radical (unpaired) electrons.